The number of nitrogens with one attached hydrogen (secondary N) is 1. The average molecular weight is 430 g/mol. The van der Waals surface area contributed by atoms with Gasteiger partial charge in [0.2, 0.25) is 11.8 Å². The minimum Gasteiger partial charge on any atom is -0.353 e. The van der Waals surface area contributed by atoms with Crippen LogP contribution >= 0.6 is 0 Å². The van der Waals surface area contributed by atoms with Gasteiger partial charge in [0, 0.05) is 39.1 Å². The van der Waals surface area contributed by atoms with Crippen molar-refractivity contribution in [2.24, 2.45) is 0 Å². The van der Waals surface area contributed by atoms with Crippen molar-refractivity contribution in [1.29, 1.82) is 0 Å². The number of rotatable bonds is 7. The third-order valence-electron chi connectivity index (χ3n) is 5.70. The Labute approximate surface area is 188 Å². The lowest BCUT2D eigenvalue weighted by Gasteiger charge is -2.35. The zero-order chi connectivity index (χ0) is 22.3. The molecule has 0 saturated carbocycles. The lowest BCUT2D eigenvalue weighted by molar-refractivity contribution is -0.138. The molecule has 1 saturated heterocycles. The predicted molar refractivity (Wildman–Crippen MR) is 122 cm³/mol. The molecule has 1 atom stereocenters. The van der Waals surface area contributed by atoms with E-state index in [1.807, 2.05) is 18.2 Å². The standard InChI is InChI=1S/C25H27N5O2/c1-29(18-22-16-26-11-12-27-22)24(31)15-23-25(32)28-13-14-30(23)17-19-7-9-21(10-8-19)20-5-3-2-4-6-20/h2-12,16,23H,13-15,17-18H2,1H3,(H,28,32). The van der Waals surface area contributed by atoms with Crippen LogP contribution in [0.25, 0.3) is 11.1 Å². The highest BCUT2D eigenvalue weighted by Gasteiger charge is 2.32. The topological polar surface area (TPSA) is 78.4 Å². The molecule has 7 nitrogen and oxygen atoms in total. The number of hydrogen-bond acceptors (Lipinski definition) is 5. The maximum absolute atomic E-state index is 12.8. The van der Waals surface area contributed by atoms with Crippen molar-refractivity contribution in [1.82, 2.24) is 25.1 Å². The summed E-state index contributed by atoms with van der Waals surface area (Å²) in [6.07, 6.45) is 4.97. The number of piperazine rings is 1. The molecule has 7 heteroatoms. The quantitative estimate of drug-likeness (QED) is 0.624. The van der Waals surface area contributed by atoms with E-state index in [9.17, 15) is 9.59 Å². The Kier molecular flexibility index (Phi) is 6.87. The number of amides is 2. The minimum absolute atomic E-state index is 0.0953. The molecule has 1 aliphatic rings. The van der Waals surface area contributed by atoms with E-state index in [2.05, 4.69) is 56.6 Å². The maximum Gasteiger partial charge on any atom is 0.237 e. The third kappa shape index (κ3) is 5.36. The SMILES string of the molecule is CN(Cc1cnccn1)C(=O)CC1C(=O)NCCN1Cc1ccc(-c2ccccc2)cc1. The van der Waals surface area contributed by atoms with Gasteiger partial charge in [-0.15, -0.1) is 0 Å². The number of carbonyl (C=O) groups excluding carboxylic acids is 2. The van der Waals surface area contributed by atoms with Gasteiger partial charge >= 0.3 is 0 Å². The van der Waals surface area contributed by atoms with Crippen molar-refractivity contribution in [3.05, 3.63) is 84.4 Å². The molecule has 0 aliphatic carbocycles. The maximum atomic E-state index is 12.8. The smallest absolute Gasteiger partial charge is 0.237 e. The molecular formula is C25H27N5O2. The van der Waals surface area contributed by atoms with Crippen LogP contribution in [0.2, 0.25) is 0 Å². The first-order chi connectivity index (χ1) is 15.6. The zero-order valence-electron chi connectivity index (χ0n) is 18.1. The summed E-state index contributed by atoms with van der Waals surface area (Å²) in [5.74, 6) is -0.194. The fraction of sp³-hybridized carbons (Fsp3) is 0.280. The molecule has 1 aromatic heterocycles. The summed E-state index contributed by atoms with van der Waals surface area (Å²) in [5, 5.41) is 2.90. The Morgan fingerprint density at radius 2 is 1.84 bits per heavy atom. The van der Waals surface area contributed by atoms with Gasteiger partial charge in [-0.1, -0.05) is 54.6 Å². The van der Waals surface area contributed by atoms with Crippen LogP contribution < -0.4 is 5.32 Å². The Hall–Kier alpha value is -3.58. The van der Waals surface area contributed by atoms with Crippen molar-refractivity contribution in [2.75, 3.05) is 20.1 Å². The number of nitrogens with zero attached hydrogens (tertiary/aromatic N) is 4. The van der Waals surface area contributed by atoms with E-state index in [1.54, 1.807) is 30.5 Å². The van der Waals surface area contributed by atoms with E-state index in [4.69, 9.17) is 0 Å². The molecule has 1 N–H and O–H groups in total. The van der Waals surface area contributed by atoms with Gasteiger partial charge in [0.25, 0.3) is 0 Å². The summed E-state index contributed by atoms with van der Waals surface area (Å²) >= 11 is 0. The van der Waals surface area contributed by atoms with Crippen molar-refractivity contribution >= 4 is 11.8 Å². The van der Waals surface area contributed by atoms with E-state index in [0.29, 0.717) is 31.9 Å². The van der Waals surface area contributed by atoms with Crippen LogP contribution in [0.3, 0.4) is 0 Å². The van der Waals surface area contributed by atoms with Crippen LogP contribution in [0.4, 0.5) is 0 Å². The molecule has 0 spiro atoms. The molecule has 2 aromatic carbocycles. The van der Waals surface area contributed by atoms with E-state index in [1.165, 1.54) is 5.56 Å². The minimum atomic E-state index is -0.491. The lowest BCUT2D eigenvalue weighted by atomic mass is 10.0. The van der Waals surface area contributed by atoms with Crippen molar-refractivity contribution in [3.63, 3.8) is 0 Å². The van der Waals surface area contributed by atoms with Gasteiger partial charge in [0.05, 0.1) is 30.9 Å². The lowest BCUT2D eigenvalue weighted by Crippen LogP contribution is -2.56. The van der Waals surface area contributed by atoms with Crippen molar-refractivity contribution in [3.8, 4) is 11.1 Å². The van der Waals surface area contributed by atoms with Gasteiger partial charge in [-0.05, 0) is 16.7 Å². The highest BCUT2D eigenvalue weighted by molar-refractivity contribution is 5.88. The molecule has 1 aliphatic heterocycles. The van der Waals surface area contributed by atoms with E-state index < -0.39 is 6.04 Å². The molecule has 4 rings (SSSR count). The Morgan fingerprint density at radius 1 is 1.09 bits per heavy atom. The van der Waals surface area contributed by atoms with Crippen LogP contribution in [-0.4, -0.2) is 57.8 Å². The summed E-state index contributed by atoms with van der Waals surface area (Å²) in [5.41, 5.74) is 4.16. The van der Waals surface area contributed by atoms with Crippen LogP contribution in [0.5, 0.6) is 0 Å². The largest absolute Gasteiger partial charge is 0.353 e. The molecule has 1 fully saturated rings. The molecule has 32 heavy (non-hydrogen) atoms. The first-order valence-corrected chi connectivity index (χ1v) is 10.7. The highest BCUT2D eigenvalue weighted by Crippen LogP contribution is 2.21. The number of carbonyl (C=O) groups is 2. The molecule has 3 aromatic rings. The second kappa shape index (κ2) is 10.2. The van der Waals surface area contributed by atoms with Crippen LogP contribution in [-0.2, 0) is 22.7 Å². The molecule has 1 unspecified atom stereocenters. The zero-order valence-corrected chi connectivity index (χ0v) is 18.1. The number of benzene rings is 2. The summed E-state index contributed by atoms with van der Waals surface area (Å²) < 4.78 is 0. The molecule has 164 valence electrons. The van der Waals surface area contributed by atoms with Gasteiger partial charge in [-0.2, -0.15) is 0 Å². The molecular weight excluding hydrogens is 402 g/mol. The van der Waals surface area contributed by atoms with Crippen molar-refractivity contribution < 1.29 is 9.59 Å². The van der Waals surface area contributed by atoms with E-state index in [-0.39, 0.29) is 18.2 Å². The molecule has 0 radical (unpaired) electrons. The van der Waals surface area contributed by atoms with Gasteiger partial charge in [-0.3, -0.25) is 24.5 Å². The molecule has 2 heterocycles. The molecule has 0 bridgehead atoms. The fourth-order valence-corrected chi connectivity index (χ4v) is 3.90. The average Bonchev–Trinajstić information content (AvgIpc) is 2.83. The molecule has 2 amide bonds. The second-order valence-corrected chi connectivity index (χ2v) is 7.99. The van der Waals surface area contributed by atoms with Crippen LogP contribution in [0.15, 0.2) is 73.2 Å². The van der Waals surface area contributed by atoms with E-state index >= 15 is 0 Å². The monoisotopic (exact) mass is 429 g/mol. The third-order valence-corrected chi connectivity index (χ3v) is 5.70. The summed E-state index contributed by atoms with van der Waals surface area (Å²) in [6.45, 7) is 2.27. The van der Waals surface area contributed by atoms with Crippen LogP contribution in [0.1, 0.15) is 17.7 Å². The summed E-state index contributed by atoms with van der Waals surface area (Å²) in [4.78, 5) is 37.4. The summed E-state index contributed by atoms with van der Waals surface area (Å²) in [7, 11) is 1.73. The summed E-state index contributed by atoms with van der Waals surface area (Å²) in [6, 6.07) is 18.1. The first kappa shape index (κ1) is 21.6. The van der Waals surface area contributed by atoms with Crippen molar-refractivity contribution in [2.45, 2.75) is 25.6 Å². The Morgan fingerprint density at radius 3 is 2.56 bits per heavy atom. The fourth-order valence-electron chi connectivity index (χ4n) is 3.90. The van der Waals surface area contributed by atoms with Crippen LogP contribution in [0, 0.1) is 0 Å². The van der Waals surface area contributed by atoms with Gasteiger partial charge in [-0.25, -0.2) is 0 Å². The first-order valence-electron chi connectivity index (χ1n) is 10.7. The Balaban J connectivity index is 1.41. The van der Waals surface area contributed by atoms with Gasteiger partial charge < -0.3 is 10.2 Å². The second-order valence-electron chi connectivity index (χ2n) is 7.99. The predicted octanol–water partition coefficient (Wildman–Crippen LogP) is 2.49. The van der Waals surface area contributed by atoms with Gasteiger partial charge in [0.1, 0.15) is 0 Å². The Bertz CT molecular complexity index is 1040. The van der Waals surface area contributed by atoms with Gasteiger partial charge in [0.15, 0.2) is 0 Å². The van der Waals surface area contributed by atoms with E-state index in [0.717, 1.165) is 11.1 Å². The number of aromatic nitrogens is 2. The number of hydrogen-bond donors (Lipinski definition) is 1. The normalized spacial score (nSPS) is 16.4. The highest BCUT2D eigenvalue weighted by atomic mass is 16.2.